The number of carbonyl (C=O) groups excluding carboxylic acids is 1. The van der Waals surface area contributed by atoms with E-state index in [0.717, 1.165) is 17.0 Å². The lowest BCUT2D eigenvalue weighted by atomic mass is 10.1. The second-order valence-electron chi connectivity index (χ2n) is 7.33. The van der Waals surface area contributed by atoms with Gasteiger partial charge in [-0.1, -0.05) is 0 Å². The maximum atomic E-state index is 12.7. The molecule has 1 amide bonds. The van der Waals surface area contributed by atoms with Gasteiger partial charge in [-0.2, -0.15) is 0 Å². The lowest BCUT2D eigenvalue weighted by molar-refractivity contribution is 0.0937. The van der Waals surface area contributed by atoms with Crippen molar-refractivity contribution in [3.63, 3.8) is 0 Å². The van der Waals surface area contributed by atoms with Crippen LogP contribution in [0.2, 0.25) is 0 Å². The van der Waals surface area contributed by atoms with Gasteiger partial charge in [0.05, 0.1) is 18.8 Å². The van der Waals surface area contributed by atoms with Crippen molar-refractivity contribution in [2.75, 3.05) is 20.3 Å². The van der Waals surface area contributed by atoms with Gasteiger partial charge < -0.3 is 19.5 Å². The molecule has 0 bridgehead atoms. The van der Waals surface area contributed by atoms with Crippen molar-refractivity contribution in [1.82, 2.24) is 24.9 Å². The molecule has 1 aliphatic heterocycles. The molecule has 5 rings (SSSR count). The van der Waals surface area contributed by atoms with Crippen molar-refractivity contribution in [2.24, 2.45) is 0 Å². The summed E-state index contributed by atoms with van der Waals surface area (Å²) < 4.78 is 17.9. The fourth-order valence-corrected chi connectivity index (χ4v) is 3.44. The molecule has 1 N–H and O–H groups in total. The first-order valence-corrected chi connectivity index (χ1v) is 10.2. The third kappa shape index (κ3) is 3.80. The minimum atomic E-state index is -0.403. The highest BCUT2D eigenvalue weighted by molar-refractivity contribution is 5.95. The Kier molecular flexibility index (Phi) is 5.06. The van der Waals surface area contributed by atoms with Crippen LogP contribution in [-0.2, 0) is 0 Å². The Hall–Kier alpha value is -4.14. The van der Waals surface area contributed by atoms with Crippen LogP contribution in [0, 0.1) is 0 Å². The molecule has 2 aromatic carbocycles. The molecule has 1 aliphatic rings. The fraction of sp³-hybridized carbons (Fsp3) is 0.217. The maximum absolute atomic E-state index is 12.7. The predicted octanol–water partition coefficient (Wildman–Crippen LogP) is 3.06. The Labute approximate surface area is 184 Å². The lowest BCUT2D eigenvalue weighted by Gasteiger charge is -2.19. The third-order valence-corrected chi connectivity index (χ3v) is 5.17. The largest absolute Gasteiger partial charge is 0.497 e. The number of hydrogen-bond donors (Lipinski definition) is 1. The number of aromatic nitrogens is 4. The van der Waals surface area contributed by atoms with Gasteiger partial charge in [-0.3, -0.25) is 4.79 Å². The number of nitrogens with zero attached hydrogens (tertiary/aromatic N) is 4. The summed E-state index contributed by atoms with van der Waals surface area (Å²) in [7, 11) is 1.63. The minimum absolute atomic E-state index is 0.245. The van der Waals surface area contributed by atoms with Crippen LogP contribution in [0.25, 0.3) is 16.9 Å². The lowest BCUT2D eigenvalue weighted by Crippen LogP contribution is -2.27. The zero-order chi connectivity index (χ0) is 22.1. The van der Waals surface area contributed by atoms with Crippen molar-refractivity contribution in [1.29, 1.82) is 0 Å². The van der Waals surface area contributed by atoms with Gasteiger partial charge in [0, 0.05) is 17.2 Å². The van der Waals surface area contributed by atoms with E-state index in [9.17, 15) is 4.79 Å². The highest BCUT2D eigenvalue weighted by Crippen LogP contribution is 2.31. The summed E-state index contributed by atoms with van der Waals surface area (Å²) in [6, 6.07) is 14.2. The van der Waals surface area contributed by atoms with E-state index < -0.39 is 6.04 Å². The van der Waals surface area contributed by atoms with E-state index in [2.05, 4.69) is 20.4 Å². The van der Waals surface area contributed by atoms with Crippen LogP contribution in [0.3, 0.4) is 0 Å². The molecule has 9 heteroatoms. The van der Waals surface area contributed by atoms with Crippen molar-refractivity contribution in [3.05, 3.63) is 66.2 Å². The van der Waals surface area contributed by atoms with Gasteiger partial charge in [0.25, 0.3) is 5.91 Å². The third-order valence-electron chi connectivity index (χ3n) is 5.17. The average Bonchev–Trinajstić information content (AvgIpc) is 3.27. The summed E-state index contributed by atoms with van der Waals surface area (Å²) in [6.07, 6.45) is 1.61. The molecule has 32 heavy (non-hydrogen) atoms. The van der Waals surface area contributed by atoms with Crippen LogP contribution in [0.1, 0.15) is 29.1 Å². The van der Waals surface area contributed by atoms with Gasteiger partial charge in [0.15, 0.2) is 23.0 Å². The first-order chi connectivity index (χ1) is 15.6. The van der Waals surface area contributed by atoms with Gasteiger partial charge in [0.2, 0.25) is 0 Å². The summed E-state index contributed by atoms with van der Waals surface area (Å²) >= 11 is 0. The number of carbonyl (C=O) groups is 1. The Morgan fingerprint density at radius 2 is 1.88 bits per heavy atom. The van der Waals surface area contributed by atoms with Crippen LogP contribution >= 0.6 is 0 Å². The molecule has 2 aromatic heterocycles. The Bertz CT molecular complexity index is 1290. The number of rotatable bonds is 5. The Morgan fingerprint density at radius 1 is 1.09 bits per heavy atom. The molecule has 162 valence electrons. The van der Waals surface area contributed by atoms with Crippen LogP contribution < -0.4 is 19.5 Å². The standard InChI is InChI=1S/C23H21N5O4/c1-14(25-23(29)16-5-8-19-20(11-16)32-10-9-31-19)22-26-21-12-18(24-13-28(21)27-22)15-3-6-17(30-2)7-4-15/h3-8,11-14H,9-10H2,1-2H3,(H,25,29)/t14-/m0/s1. The summed E-state index contributed by atoms with van der Waals surface area (Å²) in [5, 5.41) is 7.39. The molecular formula is C23H21N5O4. The quantitative estimate of drug-likeness (QED) is 0.518. The van der Waals surface area contributed by atoms with Gasteiger partial charge >= 0.3 is 0 Å². The van der Waals surface area contributed by atoms with E-state index in [0.29, 0.717) is 41.7 Å². The topological polar surface area (TPSA) is 99.9 Å². The monoisotopic (exact) mass is 431 g/mol. The zero-order valence-electron chi connectivity index (χ0n) is 17.6. The van der Waals surface area contributed by atoms with Crippen LogP contribution in [-0.4, -0.2) is 45.8 Å². The second-order valence-corrected chi connectivity index (χ2v) is 7.33. The molecule has 1 atom stereocenters. The maximum Gasteiger partial charge on any atom is 0.252 e. The molecule has 0 unspecified atom stereocenters. The number of methoxy groups -OCH3 is 1. The highest BCUT2D eigenvalue weighted by atomic mass is 16.6. The molecule has 0 fully saturated rings. The number of fused-ring (bicyclic) bond motifs is 2. The number of benzene rings is 2. The summed E-state index contributed by atoms with van der Waals surface area (Å²) in [4.78, 5) is 21.8. The summed E-state index contributed by atoms with van der Waals surface area (Å²) in [5.41, 5.74) is 2.83. The van der Waals surface area contributed by atoms with E-state index >= 15 is 0 Å². The van der Waals surface area contributed by atoms with Gasteiger partial charge in [0.1, 0.15) is 25.3 Å². The first kappa shape index (κ1) is 19.8. The fourth-order valence-electron chi connectivity index (χ4n) is 3.44. The molecule has 0 saturated carbocycles. The molecular weight excluding hydrogens is 410 g/mol. The van der Waals surface area contributed by atoms with Crippen LogP contribution in [0.5, 0.6) is 17.2 Å². The van der Waals surface area contributed by atoms with E-state index in [1.807, 2.05) is 37.3 Å². The van der Waals surface area contributed by atoms with E-state index in [4.69, 9.17) is 14.2 Å². The van der Waals surface area contributed by atoms with Crippen LogP contribution in [0.15, 0.2) is 54.9 Å². The average molecular weight is 431 g/mol. The second kappa shape index (κ2) is 8.18. The van der Waals surface area contributed by atoms with E-state index in [-0.39, 0.29) is 5.91 Å². The summed E-state index contributed by atoms with van der Waals surface area (Å²) in [6.45, 7) is 2.80. The smallest absolute Gasteiger partial charge is 0.252 e. The van der Waals surface area contributed by atoms with Gasteiger partial charge in [-0.25, -0.2) is 14.5 Å². The number of amides is 1. The van der Waals surface area contributed by atoms with Gasteiger partial charge in [-0.15, -0.1) is 5.10 Å². The van der Waals surface area contributed by atoms with Crippen molar-refractivity contribution >= 4 is 11.6 Å². The molecule has 0 saturated heterocycles. The summed E-state index contributed by atoms with van der Waals surface area (Å²) in [5.74, 6) is 2.24. The van der Waals surface area contributed by atoms with E-state index in [1.54, 1.807) is 36.2 Å². The molecule has 9 nitrogen and oxygen atoms in total. The van der Waals surface area contributed by atoms with Crippen molar-refractivity contribution in [3.8, 4) is 28.5 Å². The SMILES string of the molecule is COc1ccc(-c2cc3nc([C@H](C)NC(=O)c4ccc5c(c4)OCCO5)nn3cn2)cc1. The predicted molar refractivity (Wildman–Crippen MR) is 116 cm³/mol. The molecule has 0 spiro atoms. The highest BCUT2D eigenvalue weighted by Gasteiger charge is 2.19. The van der Waals surface area contributed by atoms with Crippen LogP contribution in [0.4, 0.5) is 0 Å². The van der Waals surface area contributed by atoms with Crippen molar-refractivity contribution < 1.29 is 19.0 Å². The Balaban J connectivity index is 1.34. The zero-order valence-corrected chi connectivity index (χ0v) is 17.6. The van der Waals surface area contributed by atoms with Gasteiger partial charge in [-0.05, 0) is 49.4 Å². The Morgan fingerprint density at radius 3 is 2.66 bits per heavy atom. The molecule has 3 heterocycles. The normalized spacial score (nSPS) is 13.6. The number of ether oxygens (including phenoxy) is 3. The molecule has 0 aliphatic carbocycles. The number of hydrogen-bond acceptors (Lipinski definition) is 7. The first-order valence-electron chi connectivity index (χ1n) is 10.2. The van der Waals surface area contributed by atoms with Crippen molar-refractivity contribution in [2.45, 2.75) is 13.0 Å². The molecule has 0 radical (unpaired) electrons. The van der Waals surface area contributed by atoms with E-state index in [1.165, 1.54) is 0 Å². The molecule has 4 aromatic rings. The minimum Gasteiger partial charge on any atom is -0.497 e. The number of nitrogens with one attached hydrogen (secondary N) is 1.